The first-order chi connectivity index (χ1) is 15.5. The van der Waals surface area contributed by atoms with E-state index in [1.165, 1.54) is 0 Å². The summed E-state index contributed by atoms with van der Waals surface area (Å²) in [6, 6.07) is 14.1. The Bertz CT molecular complexity index is 876. The second-order valence-electron chi connectivity index (χ2n) is 8.00. The molecule has 0 unspecified atom stereocenters. The van der Waals surface area contributed by atoms with E-state index in [4.69, 9.17) is 14.2 Å². The van der Waals surface area contributed by atoms with Crippen LogP contribution in [0.5, 0.6) is 17.2 Å². The molecule has 1 fully saturated rings. The maximum absolute atomic E-state index is 13.1. The number of rotatable bonds is 10. The molecular formula is C25H32N2O5. The monoisotopic (exact) mass is 440 g/mol. The van der Waals surface area contributed by atoms with Crippen molar-refractivity contribution >= 4 is 11.8 Å². The molecule has 1 saturated carbocycles. The molecule has 0 saturated heterocycles. The molecule has 0 spiro atoms. The Morgan fingerprint density at radius 1 is 0.938 bits per heavy atom. The SMILES string of the molecule is COc1ccc(CN(C(=O)COc2ccc(OC)cc2)[C@@H](C)C(=O)NC2CCCC2)cc1. The van der Waals surface area contributed by atoms with E-state index in [2.05, 4.69) is 5.32 Å². The van der Waals surface area contributed by atoms with E-state index in [0.717, 1.165) is 37.0 Å². The molecular weight excluding hydrogens is 408 g/mol. The molecule has 0 heterocycles. The first-order valence-electron chi connectivity index (χ1n) is 11.0. The predicted octanol–water partition coefficient (Wildman–Crippen LogP) is 3.56. The van der Waals surface area contributed by atoms with Gasteiger partial charge in [-0.15, -0.1) is 0 Å². The van der Waals surface area contributed by atoms with E-state index in [1.807, 2.05) is 24.3 Å². The molecule has 7 nitrogen and oxygen atoms in total. The predicted molar refractivity (Wildman–Crippen MR) is 122 cm³/mol. The van der Waals surface area contributed by atoms with Gasteiger partial charge in [-0.25, -0.2) is 0 Å². The fourth-order valence-electron chi connectivity index (χ4n) is 3.80. The Labute approximate surface area is 189 Å². The molecule has 32 heavy (non-hydrogen) atoms. The van der Waals surface area contributed by atoms with E-state index in [1.54, 1.807) is 50.3 Å². The van der Waals surface area contributed by atoms with Gasteiger partial charge in [0.2, 0.25) is 5.91 Å². The lowest BCUT2D eigenvalue weighted by atomic mass is 10.1. The van der Waals surface area contributed by atoms with Crippen molar-refractivity contribution in [2.75, 3.05) is 20.8 Å². The number of benzene rings is 2. The highest BCUT2D eigenvalue weighted by Crippen LogP contribution is 2.20. The van der Waals surface area contributed by atoms with E-state index in [0.29, 0.717) is 18.0 Å². The van der Waals surface area contributed by atoms with Crippen molar-refractivity contribution in [2.24, 2.45) is 0 Å². The van der Waals surface area contributed by atoms with Crippen LogP contribution >= 0.6 is 0 Å². The molecule has 1 aliphatic rings. The molecule has 0 bridgehead atoms. The molecule has 2 amide bonds. The molecule has 7 heteroatoms. The molecule has 2 aromatic carbocycles. The van der Waals surface area contributed by atoms with Gasteiger partial charge in [-0.2, -0.15) is 0 Å². The summed E-state index contributed by atoms with van der Waals surface area (Å²) < 4.78 is 16.0. The Morgan fingerprint density at radius 3 is 2.03 bits per heavy atom. The fourth-order valence-corrected chi connectivity index (χ4v) is 3.80. The molecule has 3 rings (SSSR count). The number of nitrogens with zero attached hydrogens (tertiary/aromatic N) is 1. The van der Waals surface area contributed by atoms with Crippen LogP contribution in [0.25, 0.3) is 0 Å². The second kappa shape index (κ2) is 11.4. The Morgan fingerprint density at radius 2 is 1.47 bits per heavy atom. The highest BCUT2D eigenvalue weighted by Gasteiger charge is 2.28. The van der Waals surface area contributed by atoms with Gasteiger partial charge in [-0.3, -0.25) is 9.59 Å². The van der Waals surface area contributed by atoms with Crippen molar-refractivity contribution in [1.82, 2.24) is 10.2 Å². The van der Waals surface area contributed by atoms with Crippen LogP contribution in [-0.4, -0.2) is 49.6 Å². The normalized spacial score (nSPS) is 14.5. The highest BCUT2D eigenvalue weighted by atomic mass is 16.5. The smallest absolute Gasteiger partial charge is 0.261 e. The molecule has 0 aromatic heterocycles. The van der Waals surface area contributed by atoms with Crippen LogP contribution < -0.4 is 19.5 Å². The minimum Gasteiger partial charge on any atom is -0.497 e. The number of nitrogens with one attached hydrogen (secondary N) is 1. The van der Waals surface area contributed by atoms with Crippen LogP contribution in [0.2, 0.25) is 0 Å². The Balaban J connectivity index is 1.69. The van der Waals surface area contributed by atoms with E-state index < -0.39 is 6.04 Å². The molecule has 2 aromatic rings. The Hall–Kier alpha value is -3.22. The van der Waals surface area contributed by atoms with Gasteiger partial charge in [0.25, 0.3) is 5.91 Å². The average Bonchev–Trinajstić information content (AvgIpc) is 3.34. The summed E-state index contributed by atoms with van der Waals surface area (Å²) in [5.74, 6) is 1.61. The zero-order valence-corrected chi connectivity index (χ0v) is 19.0. The third-order valence-corrected chi connectivity index (χ3v) is 5.80. The maximum Gasteiger partial charge on any atom is 0.261 e. The fraction of sp³-hybridized carbons (Fsp3) is 0.440. The van der Waals surface area contributed by atoms with Gasteiger partial charge in [0.15, 0.2) is 6.61 Å². The van der Waals surface area contributed by atoms with Gasteiger partial charge in [0.1, 0.15) is 23.3 Å². The lowest BCUT2D eigenvalue weighted by molar-refractivity contribution is -0.142. The zero-order chi connectivity index (χ0) is 22.9. The number of carbonyl (C=O) groups is 2. The topological polar surface area (TPSA) is 77.1 Å². The standard InChI is InChI=1S/C25H32N2O5/c1-18(25(29)26-20-6-4-5-7-20)27(16-19-8-10-21(30-2)11-9-19)24(28)17-32-23-14-12-22(31-3)13-15-23/h8-15,18,20H,4-7,16-17H2,1-3H3,(H,26,29)/t18-/m0/s1. The van der Waals surface area contributed by atoms with Gasteiger partial charge in [-0.1, -0.05) is 25.0 Å². The van der Waals surface area contributed by atoms with Gasteiger partial charge in [0.05, 0.1) is 14.2 Å². The summed E-state index contributed by atoms with van der Waals surface area (Å²) in [4.78, 5) is 27.6. The summed E-state index contributed by atoms with van der Waals surface area (Å²) in [6.07, 6.45) is 4.24. The first kappa shape index (κ1) is 23.4. The zero-order valence-electron chi connectivity index (χ0n) is 19.0. The van der Waals surface area contributed by atoms with Crippen LogP contribution in [0.15, 0.2) is 48.5 Å². The van der Waals surface area contributed by atoms with Crippen LogP contribution in [0, 0.1) is 0 Å². The van der Waals surface area contributed by atoms with Crippen molar-refractivity contribution < 1.29 is 23.8 Å². The number of ether oxygens (including phenoxy) is 3. The number of hydrogen-bond acceptors (Lipinski definition) is 5. The summed E-state index contributed by atoms with van der Waals surface area (Å²) in [5.41, 5.74) is 0.907. The third kappa shape index (κ3) is 6.39. The van der Waals surface area contributed by atoms with Crippen LogP contribution in [-0.2, 0) is 16.1 Å². The number of amides is 2. The van der Waals surface area contributed by atoms with Gasteiger partial charge < -0.3 is 24.4 Å². The van der Waals surface area contributed by atoms with Crippen molar-refractivity contribution in [1.29, 1.82) is 0 Å². The summed E-state index contributed by atoms with van der Waals surface area (Å²) in [6.45, 7) is 1.90. The first-order valence-corrected chi connectivity index (χ1v) is 11.0. The van der Waals surface area contributed by atoms with E-state index in [-0.39, 0.29) is 24.5 Å². The van der Waals surface area contributed by atoms with Crippen molar-refractivity contribution in [2.45, 2.75) is 51.2 Å². The van der Waals surface area contributed by atoms with E-state index in [9.17, 15) is 9.59 Å². The number of carbonyl (C=O) groups excluding carboxylic acids is 2. The summed E-state index contributed by atoms with van der Waals surface area (Å²) >= 11 is 0. The van der Waals surface area contributed by atoms with E-state index >= 15 is 0 Å². The van der Waals surface area contributed by atoms with Gasteiger partial charge in [0, 0.05) is 12.6 Å². The molecule has 1 N–H and O–H groups in total. The molecule has 0 radical (unpaired) electrons. The van der Waals surface area contributed by atoms with Crippen LogP contribution in [0.4, 0.5) is 0 Å². The minimum atomic E-state index is -0.621. The molecule has 1 atom stereocenters. The molecule has 172 valence electrons. The number of methoxy groups -OCH3 is 2. The quantitative estimate of drug-likeness (QED) is 0.611. The second-order valence-corrected chi connectivity index (χ2v) is 8.00. The molecule has 1 aliphatic carbocycles. The number of hydrogen-bond donors (Lipinski definition) is 1. The van der Waals surface area contributed by atoms with Crippen molar-refractivity contribution in [3.05, 3.63) is 54.1 Å². The minimum absolute atomic E-state index is 0.136. The summed E-state index contributed by atoms with van der Waals surface area (Å²) in [5, 5.41) is 3.10. The third-order valence-electron chi connectivity index (χ3n) is 5.80. The van der Waals surface area contributed by atoms with Crippen molar-refractivity contribution in [3.63, 3.8) is 0 Å². The molecule has 0 aliphatic heterocycles. The summed E-state index contributed by atoms with van der Waals surface area (Å²) in [7, 11) is 3.20. The van der Waals surface area contributed by atoms with Gasteiger partial charge in [-0.05, 0) is 61.7 Å². The van der Waals surface area contributed by atoms with Crippen LogP contribution in [0.1, 0.15) is 38.2 Å². The Kier molecular flexibility index (Phi) is 8.36. The lowest BCUT2D eigenvalue weighted by Gasteiger charge is -2.29. The van der Waals surface area contributed by atoms with Crippen LogP contribution in [0.3, 0.4) is 0 Å². The maximum atomic E-state index is 13.1. The largest absolute Gasteiger partial charge is 0.497 e. The average molecular weight is 441 g/mol. The lowest BCUT2D eigenvalue weighted by Crippen LogP contribution is -2.50. The van der Waals surface area contributed by atoms with Crippen molar-refractivity contribution in [3.8, 4) is 17.2 Å². The highest BCUT2D eigenvalue weighted by molar-refractivity contribution is 5.88. The van der Waals surface area contributed by atoms with Gasteiger partial charge >= 0.3 is 0 Å².